The maximum Gasteiger partial charge on any atom is 0.227 e. The maximum absolute atomic E-state index is 6.30. The van der Waals surface area contributed by atoms with Gasteiger partial charge in [0.1, 0.15) is 11.0 Å². The molecule has 5 nitrogen and oxygen atoms in total. The maximum atomic E-state index is 6.30. The van der Waals surface area contributed by atoms with Crippen LogP contribution in [0.2, 0.25) is 0 Å². The van der Waals surface area contributed by atoms with Gasteiger partial charge in [-0.25, -0.2) is 9.97 Å². The van der Waals surface area contributed by atoms with Gasteiger partial charge in [-0.15, -0.1) is 0 Å². The number of rotatable bonds is 6. The minimum atomic E-state index is 0.595. The first kappa shape index (κ1) is 33.2. The van der Waals surface area contributed by atoms with Gasteiger partial charge in [0.2, 0.25) is 11.8 Å². The topological polar surface area (TPSA) is 55.3 Å². The minimum absolute atomic E-state index is 0.595. The highest BCUT2D eigenvalue weighted by Crippen LogP contribution is 2.40. The Labute approximate surface area is 339 Å². The molecule has 0 fully saturated rings. The molecule has 0 aliphatic rings. The van der Waals surface area contributed by atoms with E-state index >= 15 is 0 Å². The van der Waals surface area contributed by atoms with Gasteiger partial charge in [0.25, 0.3) is 0 Å². The molecule has 0 saturated carbocycles. The molecule has 0 atom stereocenters. The molecule has 0 radical (unpaired) electrons. The lowest BCUT2D eigenvalue weighted by Crippen LogP contribution is -2.09. The third kappa shape index (κ3) is 5.71. The Kier molecular flexibility index (Phi) is 7.47. The summed E-state index contributed by atoms with van der Waals surface area (Å²) in [4.78, 5) is 12.2. The lowest BCUT2D eigenvalue weighted by atomic mass is 9.98. The molecule has 0 amide bonds. The summed E-state index contributed by atoms with van der Waals surface area (Å²) in [5.74, 6) is 1.19. The molecule has 2 heterocycles. The molecule has 2 aromatic heterocycles. The molecule has 59 heavy (non-hydrogen) atoms. The SMILES string of the molecule is c1ccc2cc(-c3ccc4cc(N(c5ccc(-c6nc7c(ccc8ccccc87)o6)cc5)c5ccc(-c6nc7c(ccc8ccccc87)o6)cc5)ccc4c3)ccc2c1. The van der Waals surface area contributed by atoms with Crippen molar-refractivity contribution in [2.24, 2.45) is 0 Å². The first-order valence-electron chi connectivity index (χ1n) is 19.8. The van der Waals surface area contributed by atoms with Crippen molar-refractivity contribution < 1.29 is 8.83 Å². The summed E-state index contributed by atoms with van der Waals surface area (Å²) in [6.45, 7) is 0. The van der Waals surface area contributed by atoms with Crippen LogP contribution in [0.25, 0.3) is 99.3 Å². The van der Waals surface area contributed by atoms with E-state index in [4.69, 9.17) is 18.8 Å². The second kappa shape index (κ2) is 13.3. The Balaban J connectivity index is 0.932. The van der Waals surface area contributed by atoms with Crippen molar-refractivity contribution in [1.29, 1.82) is 0 Å². The number of oxazole rings is 2. The summed E-state index contributed by atoms with van der Waals surface area (Å²) in [6.07, 6.45) is 0. The van der Waals surface area contributed by atoms with E-state index < -0.39 is 0 Å². The van der Waals surface area contributed by atoms with Gasteiger partial charge >= 0.3 is 0 Å². The van der Waals surface area contributed by atoms with Gasteiger partial charge in [0, 0.05) is 39.0 Å². The van der Waals surface area contributed by atoms with Gasteiger partial charge in [-0.2, -0.15) is 0 Å². The van der Waals surface area contributed by atoms with Crippen LogP contribution in [0.4, 0.5) is 17.1 Å². The summed E-state index contributed by atoms with van der Waals surface area (Å²) in [6, 6.07) is 70.2. The lowest BCUT2D eigenvalue weighted by Gasteiger charge is -2.26. The van der Waals surface area contributed by atoms with Gasteiger partial charge in [-0.05, 0) is 128 Å². The molecule has 10 aromatic carbocycles. The lowest BCUT2D eigenvalue weighted by molar-refractivity contribution is 0.619. The molecule has 0 spiro atoms. The van der Waals surface area contributed by atoms with Crippen molar-refractivity contribution in [2.75, 3.05) is 4.90 Å². The average molecular weight is 756 g/mol. The molecule has 0 saturated heterocycles. The van der Waals surface area contributed by atoms with Gasteiger partial charge in [-0.3, -0.25) is 0 Å². The predicted octanol–water partition coefficient (Wildman–Crippen LogP) is 15.1. The Morgan fingerprint density at radius 1 is 0.305 bits per heavy atom. The molecule has 0 aliphatic carbocycles. The smallest absolute Gasteiger partial charge is 0.227 e. The number of anilines is 3. The van der Waals surface area contributed by atoms with E-state index in [0.717, 1.165) is 77.3 Å². The molecule has 0 aliphatic heterocycles. The average Bonchev–Trinajstić information content (AvgIpc) is 3.95. The summed E-state index contributed by atoms with van der Waals surface area (Å²) in [5, 5.41) is 9.26. The van der Waals surface area contributed by atoms with Crippen molar-refractivity contribution in [3.63, 3.8) is 0 Å². The monoisotopic (exact) mass is 755 g/mol. The highest BCUT2D eigenvalue weighted by molar-refractivity contribution is 6.05. The number of benzene rings is 10. The van der Waals surface area contributed by atoms with E-state index in [1.54, 1.807) is 0 Å². The highest BCUT2D eigenvalue weighted by atomic mass is 16.4. The molecular weight excluding hydrogens is 723 g/mol. The van der Waals surface area contributed by atoms with Gasteiger partial charge < -0.3 is 13.7 Å². The zero-order valence-corrected chi connectivity index (χ0v) is 31.7. The van der Waals surface area contributed by atoms with Crippen LogP contribution in [0.1, 0.15) is 0 Å². The van der Waals surface area contributed by atoms with Gasteiger partial charge in [-0.1, -0.05) is 115 Å². The van der Waals surface area contributed by atoms with Crippen LogP contribution in [0.3, 0.4) is 0 Å². The van der Waals surface area contributed by atoms with Crippen LogP contribution in [0.15, 0.2) is 209 Å². The fourth-order valence-corrected chi connectivity index (χ4v) is 8.44. The van der Waals surface area contributed by atoms with Gasteiger partial charge in [0.05, 0.1) is 0 Å². The van der Waals surface area contributed by atoms with E-state index in [1.807, 2.05) is 36.4 Å². The molecule has 276 valence electrons. The summed E-state index contributed by atoms with van der Waals surface area (Å²) in [5.41, 5.74) is 10.6. The third-order valence-electron chi connectivity index (χ3n) is 11.5. The molecule has 5 heteroatoms. The molecule has 0 bridgehead atoms. The van der Waals surface area contributed by atoms with Crippen molar-refractivity contribution in [2.45, 2.75) is 0 Å². The molecule has 0 unspecified atom stereocenters. The van der Waals surface area contributed by atoms with Crippen molar-refractivity contribution in [1.82, 2.24) is 9.97 Å². The predicted molar refractivity (Wildman–Crippen MR) is 243 cm³/mol. The Hall–Kier alpha value is -8.02. The summed E-state index contributed by atoms with van der Waals surface area (Å²) >= 11 is 0. The first-order chi connectivity index (χ1) is 29.2. The van der Waals surface area contributed by atoms with E-state index in [2.05, 4.69) is 169 Å². The molecule has 0 N–H and O–H groups in total. The normalized spacial score (nSPS) is 11.7. The van der Waals surface area contributed by atoms with Crippen LogP contribution in [-0.4, -0.2) is 9.97 Å². The highest BCUT2D eigenvalue weighted by Gasteiger charge is 2.18. The van der Waals surface area contributed by atoms with Crippen LogP contribution >= 0.6 is 0 Å². The number of hydrogen-bond acceptors (Lipinski definition) is 5. The number of fused-ring (bicyclic) bond motifs is 8. The van der Waals surface area contributed by atoms with E-state index in [0.29, 0.717) is 11.8 Å². The van der Waals surface area contributed by atoms with Crippen molar-refractivity contribution in [3.05, 3.63) is 200 Å². The Morgan fingerprint density at radius 2 is 0.695 bits per heavy atom. The van der Waals surface area contributed by atoms with E-state index in [-0.39, 0.29) is 0 Å². The molecule has 12 aromatic rings. The molecule has 12 rings (SSSR count). The van der Waals surface area contributed by atoms with Crippen LogP contribution < -0.4 is 4.90 Å². The molecular formula is C54H33N3O2. The van der Waals surface area contributed by atoms with Crippen molar-refractivity contribution in [3.8, 4) is 34.0 Å². The van der Waals surface area contributed by atoms with E-state index in [9.17, 15) is 0 Å². The minimum Gasteiger partial charge on any atom is -0.436 e. The number of aromatic nitrogens is 2. The number of hydrogen-bond donors (Lipinski definition) is 0. The standard InChI is InChI=1S/C54H33N3O2/c1-2-10-39-31-40(14-13-34(39)7-1)41-15-16-43-33-46(28-21-42(43)32-41)57(44-24-17-37(18-25-44)53-55-51-47-11-5-3-8-35(47)22-29-49(51)58-53)45-26-19-38(20-27-45)54-56-52-48-12-6-4-9-36(48)23-30-50(52)59-54/h1-33H. The van der Waals surface area contributed by atoms with Crippen molar-refractivity contribution >= 4 is 82.4 Å². The fourth-order valence-electron chi connectivity index (χ4n) is 8.44. The quantitative estimate of drug-likeness (QED) is 0.169. The first-order valence-corrected chi connectivity index (χ1v) is 19.8. The Bertz CT molecular complexity index is 3410. The van der Waals surface area contributed by atoms with Crippen LogP contribution in [0.5, 0.6) is 0 Å². The summed E-state index contributed by atoms with van der Waals surface area (Å²) < 4.78 is 12.6. The zero-order chi connectivity index (χ0) is 38.9. The van der Waals surface area contributed by atoms with E-state index in [1.165, 1.54) is 27.3 Å². The number of nitrogens with zero attached hydrogens (tertiary/aromatic N) is 3. The zero-order valence-electron chi connectivity index (χ0n) is 31.7. The van der Waals surface area contributed by atoms with Crippen LogP contribution in [0, 0.1) is 0 Å². The largest absolute Gasteiger partial charge is 0.436 e. The third-order valence-corrected chi connectivity index (χ3v) is 11.5. The van der Waals surface area contributed by atoms with Gasteiger partial charge in [0.15, 0.2) is 11.2 Å². The second-order valence-corrected chi connectivity index (χ2v) is 15.0. The fraction of sp³-hybridized carbons (Fsp3) is 0. The van der Waals surface area contributed by atoms with Crippen LogP contribution in [-0.2, 0) is 0 Å². The Morgan fingerprint density at radius 3 is 1.25 bits per heavy atom. The summed E-state index contributed by atoms with van der Waals surface area (Å²) in [7, 11) is 0. The second-order valence-electron chi connectivity index (χ2n) is 15.0.